The fourth-order valence-electron chi connectivity index (χ4n) is 1.20. The molecule has 0 N–H and O–H groups in total. The Morgan fingerprint density at radius 2 is 1.33 bits per heavy atom. The van der Waals surface area contributed by atoms with E-state index in [1.165, 1.54) is 0 Å². The van der Waals surface area contributed by atoms with Gasteiger partial charge in [0.05, 0.1) is 0 Å². The molecule has 0 aliphatic rings. The van der Waals surface area contributed by atoms with E-state index in [0.29, 0.717) is 6.54 Å². The second kappa shape index (κ2) is 4.09. The molecule has 0 aliphatic heterocycles. The lowest BCUT2D eigenvalue weighted by Crippen LogP contribution is -2.16. The molecule has 0 fully saturated rings. The highest BCUT2D eigenvalue weighted by Crippen LogP contribution is 2.58. The van der Waals surface area contributed by atoms with Crippen LogP contribution in [-0.2, 0) is 9.13 Å². The summed E-state index contributed by atoms with van der Waals surface area (Å²) in [7, 11) is -4.69. The Bertz CT molecular complexity index is 206. The Hall–Kier alpha value is 0.420. The van der Waals surface area contributed by atoms with E-state index in [1.54, 1.807) is 31.1 Å². The van der Waals surface area contributed by atoms with Crippen LogP contribution < -0.4 is 0 Å². The summed E-state index contributed by atoms with van der Waals surface area (Å²) < 4.78 is 25.1. The maximum atomic E-state index is 11.7. The third-order valence-corrected chi connectivity index (χ3v) is 6.74. The zero-order chi connectivity index (χ0) is 9.99. The number of hydrogen-bond acceptors (Lipinski definition) is 2. The molecule has 0 saturated carbocycles. The Balaban J connectivity index is 4.70. The number of rotatable bonds is 4. The van der Waals surface area contributed by atoms with Crippen LogP contribution in [0.1, 0.15) is 13.3 Å². The smallest absolute Gasteiger partial charge is 0.150 e. The van der Waals surface area contributed by atoms with Gasteiger partial charge in [0.1, 0.15) is 14.6 Å². The molecule has 0 aliphatic carbocycles. The lowest BCUT2D eigenvalue weighted by molar-refractivity contribution is 0.503. The van der Waals surface area contributed by atoms with Crippen molar-refractivity contribution in [1.29, 1.82) is 0 Å². The topological polar surface area (TPSA) is 37.4 Å². The minimum atomic E-state index is -2.34. The van der Waals surface area contributed by atoms with Crippen molar-refractivity contribution in [2.45, 2.75) is 13.3 Å². The summed E-state index contributed by atoms with van der Waals surface area (Å²) >= 11 is 0. The zero-order valence-corrected chi connectivity index (χ0v) is 10.4. The summed E-state index contributed by atoms with van der Waals surface area (Å²) in [4.78, 5) is 0. The SMILES string of the molecule is CCCN(P(C)(C)=O)P(C)(C)=O. The molecule has 0 saturated heterocycles. The molecule has 0 radical (unpaired) electrons. The normalized spacial score (nSPS) is 13.8. The van der Waals surface area contributed by atoms with Crippen molar-refractivity contribution >= 4 is 14.6 Å². The molecule has 0 aromatic heterocycles. The van der Waals surface area contributed by atoms with E-state index in [1.807, 2.05) is 6.92 Å². The number of nitrogens with zero attached hydrogens (tertiary/aromatic N) is 1. The summed E-state index contributed by atoms with van der Waals surface area (Å²) in [5, 5.41) is 0. The van der Waals surface area contributed by atoms with Crippen molar-refractivity contribution in [3.05, 3.63) is 0 Å². The molecule has 0 unspecified atom stereocenters. The third kappa shape index (κ3) is 3.89. The second-order valence-electron chi connectivity index (χ2n) is 3.68. The van der Waals surface area contributed by atoms with Crippen LogP contribution in [0.2, 0.25) is 0 Å². The van der Waals surface area contributed by atoms with E-state index >= 15 is 0 Å². The van der Waals surface area contributed by atoms with Crippen LogP contribution in [-0.4, -0.2) is 37.6 Å². The van der Waals surface area contributed by atoms with Crippen LogP contribution in [0.3, 0.4) is 0 Å². The first kappa shape index (κ1) is 12.4. The minimum Gasteiger partial charge on any atom is -0.307 e. The molecular formula is C7H19NO2P2. The molecule has 0 heterocycles. The molecule has 0 atom stereocenters. The predicted molar refractivity (Wildman–Crippen MR) is 55.9 cm³/mol. The van der Waals surface area contributed by atoms with Gasteiger partial charge in [0.15, 0.2) is 0 Å². The largest absolute Gasteiger partial charge is 0.307 e. The van der Waals surface area contributed by atoms with Crippen LogP contribution >= 0.6 is 14.6 Å². The second-order valence-corrected chi connectivity index (χ2v) is 10.1. The molecule has 3 nitrogen and oxygen atoms in total. The van der Waals surface area contributed by atoms with Crippen LogP contribution in [0.15, 0.2) is 0 Å². The van der Waals surface area contributed by atoms with Gasteiger partial charge in [-0.3, -0.25) is 0 Å². The van der Waals surface area contributed by atoms with E-state index in [-0.39, 0.29) is 0 Å². The highest BCUT2D eigenvalue weighted by molar-refractivity contribution is 7.75. The molecular weight excluding hydrogens is 192 g/mol. The van der Waals surface area contributed by atoms with Crippen molar-refractivity contribution in [2.75, 3.05) is 33.2 Å². The quantitative estimate of drug-likeness (QED) is 0.671. The van der Waals surface area contributed by atoms with Gasteiger partial charge in [-0.1, -0.05) is 6.92 Å². The molecule has 0 aromatic rings. The first-order chi connectivity index (χ1) is 5.19. The first-order valence-corrected chi connectivity index (χ1v) is 9.19. The average Bonchev–Trinajstić information content (AvgIpc) is 1.77. The van der Waals surface area contributed by atoms with Crippen LogP contribution in [0.4, 0.5) is 0 Å². The molecule has 0 amide bonds. The summed E-state index contributed by atoms with van der Waals surface area (Å²) in [6.45, 7) is 9.34. The van der Waals surface area contributed by atoms with Gasteiger partial charge in [-0.25, -0.2) is 4.44 Å². The van der Waals surface area contributed by atoms with Gasteiger partial charge in [-0.2, -0.15) is 0 Å². The van der Waals surface area contributed by atoms with E-state index < -0.39 is 14.6 Å². The highest BCUT2D eigenvalue weighted by atomic mass is 31.2. The zero-order valence-electron chi connectivity index (χ0n) is 8.57. The maximum absolute atomic E-state index is 11.7. The van der Waals surface area contributed by atoms with Gasteiger partial charge in [0.2, 0.25) is 0 Å². The van der Waals surface area contributed by atoms with Gasteiger partial charge in [0.25, 0.3) is 0 Å². The third-order valence-electron chi connectivity index (χ3n) is 1.54. The summed E-state index contributed by atoms with van der Waals surface area (Å²) in [5.41, 5.74) is 0. The van der Waals surface area contributed by atoms with E-state index in [2.05, 4.69) is 0 Å². The highest BCUT2D eigenvalue weighted by Gasteiger charge is 2.28. The molecule has 0 spiro atoms. The van der Waals surface area contributed by atoms with Crippen molar-refractivity contribution in [3.63, 3.8) is 0 Å². The Kier molecular flexibility index (Phi) is 4.23. The maximum Gasteiger partial charge on any atom is 0.150 e. The van der Waals surface area contributed by atoms with Gasteiger partial charge in [-0.15, -0.1) is 0 Å². The summed E-state index contributed by atoms with van der Waals surface area (Å²) in [6, 6.07) is 0. The van der Waals surface area contributed by atoms with Gasteiger partial charge < -0.3 is 9.13 Å². The predicted octanol–water partition coefficient (Wildman–Crippen LogP) is 2.77. The van der Waals surface area contributed by atoms with E-state index in [4.69, 9.17) is 0 Å². The van der Waals surface area contributed by atoms with Crippen LogP contribution in [0, 0.1) is 0 Å². The van der Waals surface area contributed by atoms with Crippen molar-refractivity contribution in [1.82, 2.24) is 4.44 Å². The average molecular weight is 211 g/mol. The van der Waals surface area contributed by atoms with Crippen molar-refractivity contribution < 1.29 is 9.13 Å². The van der Waals surface area contributed by atoms with Crippen LogP contribution in [0.25, 0.3) is 0 Å². The van der Waals surface area contributed by atoms with Crippen LogP contribution in [0.5, 0.6) is 0 Å². The molecule has 5 heteroatoms. The monoisotopic (exact) mass is 211 g/mol. The molecule has 0 rings (SSSR count). The Labute approximate surface area is 75.4 Å². The van der Waals surface area contributed by atoms with Crippen molar-refractivity contribution in [2.24, 2.45) is 0 Å². The van der Waals surface area contributed by atoms with Gasteiger partial charge >= 0.3 is 0 Å². The van der Waals surface area contributed by atoms with Crippen molar-refractivity contribution in [3.8, 4) is 0 Å². The Morgan fingerprint density at radius 3 is 1.42 bits per heavy atom. The fraction of sp³-hybridized carbons (Fsp3) is 1.00. The summed E-state index contributed by atoms with van der Waals surface area (Å²) in [5.74, 6) is 0. The molecule has 0 bridgehead atoms. The van der Waals surface area contributed by atoms with Gasteiger partial charge in [-0.05, 0) is 6.42 Å². The molecule has 74 valence electrons. The minimum absolute atomic E-state index is 0.661. The lowest BCUT2D eigenvalue weighted by Gasteiger charge is -2.29. The molecule has 0 aromatic carbocycles. The standard InChI is InChI=1S/C7H19NO2P2/c1-6-7-8(11(2,3)9)12(4,5)10/h6-7H2,1-5H3. The first-order valence-electron chi connectivity index (χ1n) is 4.08. The summed E-state index contributed by atoms with van der Waals surface area (Å²) in [6.07, 6.45) is 0.886. The lowest BCUT2D eigenvalue weighted by atomic mass is 10.5. The number of hydrogen-bond donors (Lipinski definition) is 0. The fourth-order valence-corrected chi connectivity index (χ4v) is 6.71. The van der Waals surface area contributed by atoms with Gasteiger partial charge in [0, 0.05) is 33.2 Å². The Morgan fingerprint density at radius 1 is 1.00 bits per heavy atom. The van der Waals surface area contributed by atoms with E-state index in [0.717, 1.165) is 6.42 Å². The molecule has 12 heavy (non-hydrogen) atoms. The van der Waals surface area contributed by atoms with E-state index in [9.17, 15) is 9.13 Å².